The molecule has 0 spiro atoms. The predicted molar refractivity (Wildman–Crippen MR) is 86.4 cm³/mol. The van der Waals surface area contributed by atoms with Crippen molar-refractivity contribution in [3.8, 4) is 0 Å². The van der Waals surface area contributed by atoms with Gasteiger partial charge in [-0.3, -0.25) is 0 Å². The molecule has 0 unspecified atom stereocenters. The first-order valence-electron chi connectivity index (χ1n) is 6.18. The van der Waals surface area contributed by atoms with E-state index in [2.05, 4.69) is 22.6 Å². The largest absolute Gasteiger partial charge is 2.00 e. The summed E-state index contributed by atoms with van der Waals surface area (Å²) in [5.74, 6) is -2.80. The van der Waals surface area contributed by atoms with E-state index in [1.165, 1.54) is 13.8 Å². The molecule has 0 atom stereocenters. The minimum Gasteiger partial charge on any atom is -0.748 e. The van der Waals surface area contributed by atoms with E-state index in [4.69, 9.17) is 0 Å². The fourth-order valence-corrected chi connectivity index (χ4v) is 1.29. The van der Waals surface area contributed by atoms with Gasteiger partial charge in [-0.2, -0.15) is 0 Å². The van der Waals surface area contributed by atoms with Crippen LogP contribution in [0.2, 0.25) is 0 Å². The van der Waals surface area contributed by atoms with Crippen LogP contribution in [0.5, 0.6) is 0 Å². The first kappa shape index (κ1) is 28.8. The van der Waals surface area contributed by atoms with Crippen LogP contribution in [0.1, 0.15) is 13.8 Å². The SMILES string of the molecule is C=C(C)C(=O)OCCS(=O)(=O)[O-].C=C(C)C(=O)OCCS(=O)(=O)[O-].[Mg+2]. The number of hydrogen-bond acceptors (Lipinski definition) is 10. The van der Waals surface area contributed by atoms with Gasteiger partial charge in [0.1, 0.15) is 13.2 Å². The number of esters is 2. The van der Waals surface area contributed by atoms with Gasteiger partial charge in [0.05, 0.1) is 31.7 Å². The Morgan fingerprint density at radius 2 is 1.04 bits per heavy atom. The summed E-state index contributed by atoms with van der Waals surface area (Å²) in [5.41, 5.74) is 0.330. The quantitative estimate of drug-likeness (QED) is 0.208. The number of carbonyl (C=O) groups excluding carboxylic acids is 2. The van der Waals surface area contributed by atoms with E-state index in [1.807, 2.05) is 0 Å². The van der Waals surface area contributed by atoms with E-state index >= 15 is 0 Å². The van der Waals surface area contributed by atoms with Crippen molar-refractivity contribution < 1.29 is 45.0 Å². The average molecular weight is 411 g/mol. The van der Waals surface area contributed by atoms with Crippen molar-refractivity contribution in [3.63, 3.8) is 0 Å². The van der Waals surface area contributed by atoms with Crippen molar-refractivity contribution in [2.24, 2.45) is 0 Å². The van der Waals surface area contributed by atoms with Gasteiger partial charge in [-0.25, -0.2) is 26.4 Å². The van der Waals surface area contributed by atoms with Gasteiger partial charge in [0.2, 0.25) is 0 Å². The van der Waals surface area contributed by atoms with Crippen molar-refractivity contribution >= 4 is 55.2 Å². The summed E-state index contributed by atoms with van der Waals surface area (Å²) < 4.78 is 68.8. The van der Waals surface area contributed by atoms with Crippen molar-refractivity contribution in [1.29, 1.82) is 0 Å². The Bertz CT molecular complexity index is 619. The van der Waals surface area contributed by atoms with Gasteiger partial charge in [-0.05, 0) is 13.8 Å². The number of rotatable bonds is 8. The second-order valence-corrected chi connectivity index (χ2v) is 7.40. The molecule has 0 heterocycles. The zero-order valence-electron chi connectivity index (χ0n) is 13.8. The van der Waals surface area contributed by atoms with Gasteiger partial charge in [0.15, 0.2) is 0 Å². The van der Waals surface area contributed by atoms with E-state index in [9.17, 15) is 35.5 Å². The third-order valence-corrected chi connectivity index (χ3v) is 3.16. The molecule has 10 nitrogen and oxygen atoms in total. The van der Waals surface area contributed by atoms with Crippen LogP contribution in [0.4, 0.5) is 0 Å². The molecule has 0 aliphatic carbocycles. The summed E-state index contributed by atoms with van der Waals surface area (Å²) in [4.78, 5) is 21.2. The maximum Gasteiger partial charge on any atom is 2.00 e. The standard InChI is InChI=1S/2C6H10O5S.Mg/c2*1-5(2)6(7)11-3-4-12(8,9)10;/h2*1,3-4H2,2H3,(H,8,9,10);/q;;+2/p-2. The molecule has 13 heteroatoms. The van der Waals surface area contributed by atoms with Crippen LogP contribution in [0.25, 0.3) is 0 Å². The van der Waals surface area contributed by atoms with Crippen LogP contribution in [0, 0.1) is 0 Å². The molecule has 0 saturated carbocycles. The normalized spacial score (nSPS) is 10.4. The van der Waals surface area contributed by atoms with Crippen LogP contribution in [0.3, 0.4) is 0 Å². The molecule has 0 N–H and O–H groups in total. The maximum atomic E-state index is 10.6. The Balaban J connectivity index is -0.000000372. The molecule has 0 aromatic carbocycles. The van der Waals surface area contributed by atoms with Crippen LogP contribution in [-0.4, -0.2) is 85.7 Å². The van der Waals surface area contributed by atoms with E-state index in [0.29, 0.717) is 0 Å². The van der Waals surface area contributed by atoms with Crippen molar-refractivity contribution in [2.75, 3.05) is 24.7 Å². The van der Waals surface area contributed by atoms with E-state index in [1.54, 1.807) is 0 Å². The number of carbonyl (C=O) groups is 2. The van der Waals surface area contributed by atoms with E-state index < -0.39 is 56.9 Å². The van der Waals surface area contributed by atoms with Crippen LogP contribution in [-0.2, 0) is 39.3 Å². The third kappa shape index (κ3) is 23.0. The second-order valence-electron chi connectivity index (χ2n) is 4.36. The Morgan fingerprint density at radius 3 is 1.20 bits per heavy atom. The van der Waals surface area contributed by atoms with Crippen LogP contribution in [0.15, 0.2) is 24.3 Å². The van der Waals surface area contributed by atoms with Crippen LogP contribution < -0.4 is 0 Å². The van der Waals surface area contributed by atoms with E-state index in [0.717, 1.165) is 0 Å². The molecule has 0 fully saturated rings. The molecule has 0 aromatic rings. The molecule has 25 heavy (non-hydrogen) atoms. The number of hydrogen-bond donors (Lipinski definition) is 0. The zero-order valence-corrected chi connectivity index (χ0v) is 16.9. The van der Waals surface area contributed by atoms with Gasteiger partial charge in [-0.1, -0.05) is 13.2 Å². The monoisotopic (exact) mass is 410 g/mol. The smallest absolute Gasteiger partial charge is 0.748 e. The minimum absolute atomic E-state index is 0. The van der Waals surface area contributed by atoms with Crippen molar-refractivity contribution in [2.45, 2.75) is 13.8 Å². The average Bonchev–Trinajstić information content (AvgIpc) is 2.35. The number of ether oxygens (including phenoxy) is 2. The summed E-state index contributed by atoms with van der Waals surface area (Å²) in [7, 11) is -8.60. The Kier molecular flexibility index (Phi) is 15.3. The van der Waals surface area contributed by atoms with Gasteiger partial charge < -0.3 is 18.6 Å². The van der Waals surface area contributed by atoms with Crippen molar-refractivity contribution in [3.05, 3.63) is 24.3 Å². The maximum absolute atomic E-state index is 10.6. The van der Waals surface area contributed by atoms with Gasteiger partial charge in [-0.15, -0.1) is 0 Å². The summed E-state index contributed by atoms with van der Waals surface area (Å²) >= 11 is 0. The molecule has 0 aliphatic heterocycles. The Labute approximate surface area is 162 Å². The summed E-state index contributed by atoms with van der Waals surface area (Å²) in [6, 6.07) is 0. The molecule has 0 amide bonds. The fraction of sp³-hybridized carbons (Fsp3) is 0.500. The zero-order chi connectivity index (χ0) is 19.6. The first-order chi connectivity index (χ1) is 10.7. The minimum atomic E-state index is -4.30. The van der Waals surface area contributed by atoms with Gasteiger partial charge in [0.25, 0.3) is 0 Å². The molecule has 0 bridgehead atoms. The van der Waals surface area contributed by atoms with E-state index in [-0.39, 0.29) is 34.2 Å². The van der Waals surface area contributed by atoms with Gasteiger partial charge >= 0.3 is 35.0 Å². The molecule has 0 rings (SSSR count). The molecular weight excluding hydrogens is 393 g/mol. The predicted octanol–water partition coefficient (Wildman–Crippen LogP) is -1.08. The van der Waals surface area contributed by atoms with Crippen molar-refractivity contribution in [1.82, 2.24) is 0 Å². The second kappa shape index (κ2) is 13.2. The molecular formula is C12H18MgO10S2. The fourth-order valence-electron chi connectivity index (χ4n) is 0.719. The van der Waals surface area contributed by atoms with Gasteiger partial charge in [0, 0.05) is 11.1 Å². The Hall–Kier alpha value is -0.994. The molecule has 0 aliphatic rings. The first-order valence-corrected chi connectivity index (χ1v) is 9.33. The Morgan fingerprint density at radius 1 is 0.800 bits per heavy atom. The van der Waals surface area contributed by atoms with Crippen LogP contribution >= 0.6 is 0 Å². The summed E-state index contributed by atoms with van der Waals surface area (Å²) in [6.07, 6.45) is 0. The molecule has 0 aromatic heterocycles. The third-order valence-electron chi connectivity index (χ3n) is 1.83. The molecule has 140 valence electrons. The summed E-state index contributed by atoms with van der Waals surface area (Å²) in [6.45, 7) is 8.55. The summed E-state index contributed by atoms with van der Waals surface area (Å²) in [5, 5.41) is 0. The topological polar surface area (TPSA) is 167 Å². The molecule has 0 radical (unpaired) electrons. The molecule has 0 saturated heterocycles.